The molecule has 0 radical (unpaired) electrons. The average Bonchev–Trinajstić information content (AvgIpc) is 2.81. The summed E-state index contributed by atoms with van der Waals surface area (Å²) < 4.78 is 28.4. The third kappa shape index (κ3) is 5.43. The molecule has 5 nitrogen and oxygen atoms in total. The molecule has 0 spiro atoms. The largest absolute Gasteiger partial charge is 0.325 e. The zero-order valence-corrected chi connectivity index (χ0v) is 22.4. The minimum Gasteiger partial charge on any atom is -0.325 e. The van der Waals surface area contributed by atoms with Gasteiger partial charge in [0.1, 0.15) is 6.04 Å². The van der Waals surface area contributed by atoms with E-state index in [1.54, 1.807) is 11.8 Å². The summed E-state index contributed by atoms with van der Waals surface area (Å²) in [6, 6.07) is 13.4. The minimum atomic E-state index is -3.86. The molecule has 188 valence electrons. The van der Waals surface area contributed by atoms with Crippen molar-refractivity contribution in [3.05, 3.63) is 59.1 Å². The van der Waals surface area contributed by atoms with E-state index in [9.17, 15) is 13.2 Å². The van der Waals surface area contributed by atoms with Gasteiger partial charge in [-0.1, -0.05) is 23.7 Å². The van der Waals surface area contributed by atoms with Crippen molar-refractivity contribution in [1.29, 1.82) is 0 Å². The first-order valence-corrected chi connectivity index (χ1v) is 15.7. The second kappa shape index (κ2) is 10.1. The summed E-state index contributed by atoms with van der Waals surface area (Å²) in [5.74, 6) is 2.95. The Morgan fingerprint density at radius 2 is 1.57 bits per heavy atom. The molecule has 4 aliphatic rings. The van der Waals surface area contributed by atoms with Crippen LogP contribution in [-0.4, -0.2) is 32.4 Å². The summed E-state index contributed by atoms with van der Waals surface area (Å²) >= 11 is 7.47. The third-order valence-electron chi connectivity index (χ3n) is 8.15. The lowest BCUT2D eigenvalue weighted by molar-refractivity contribution is -0.117. The summed E-state index contributed by atoms with van der Waals surface area (Å²) in [5, 5.41) is 3.39. The van der Waals surface area contributed by atoms with Crippen molar-refractivity contribution in [3.63, 3.8) is 0 Å². The first kappa shape index (κ1) is 25.1. The average molecular weight is 533 g/mol. The maximum atomic E-state index is 13.1. The van der Waals surface area contributed by atoms with Crippen LogP contribution in [0.15, 0.2) is 53.4 Å². The molecule has 1 amide bonds. The molecular weight excluding hydrogens is 500 g/mol. The van der Waals surface area contributed by atoms with Crippen LogP contribution < -0.4 is 10.0 Å². The molecule has 0 saturated heterocycles. The van der Waals surface area contributed by atoms with Gasteiger partial charge in [-0.15, -0.1) is 0 Å². The molecule has 1 atom stereocenters. The summed E-state index contributed by atoms with van der Waals surface area (Å²) in [7, 11) is -3.86. The second-order valence-corrected chi connectivity index (χ2v) is 13.8. The van der Waals surface area contributed by atoms with E-state index in [1.165, 1.54) is 68.4 Å². The molecule has 2 aromatic rings. The highest BCUT2D eigenvalue weighted by Gasteiger charge is 2.51. The first-order chi connectivity index (χ1) is 16.8. The number of thioether (sulfide) groups is 1. The monoisotopic (exact) mass is 532 g/mol. The molecule has 2 aromatic carbocycles. The molecule has 0 aliphatic heterocycles. The van der Waals surface area contributed by atoms with E-state index in [1.807, 2.05) is 18.4 Å². The maximum Gasteiger partial charge on any atom is 0.242 e. The van der Waals surface area contributed by atoms with Crippen LogP contribution in [0.4, 0.5) is 5.69 Å². The number of amides is 1. The third-order valence-corrected chi connectivity index (χ3v) is 10.5. The predicted molar refractivity (Wildman–Crippen MR) is 143 cm³/mol. The molecule has 8 heteroatoms. The number of sulfonamides is 1. The lowest BCUT2D eigenvalue weighted by Crippen LogP contribution is -2.48. The normalized spacial score (nSPS) is 28.1. The van der Waals surface area contributed by atoms with Crippen LogP contribution in [0.25, 0.3) is 0 Å². The number of hydrogen-bond donors (Lipinski definition) is 2. The van der Waals surface area contributed by atoms with Crippen LogP contribution in [0.5, 0.6) is 0 Å². The number of carbonyl (C=O) groups is 1. The van der Waals surface area contributed by atoms with E-state index in [-0.39, 0.29) is 10.8 Å². The van der Waals surface area contributed by atoms with Crippen LogP contribution in [0.2, 0.25) is 5.02 Å². The standard InChI is InChI=1S/C27H33ClN2O3S2/c1-34-11-10-25(30-35(32,33)24-8-4-22(28)5-9-24)26(31)29-23-6-2-21(3-7-23)27-15-18-12-19(16-27)14-20(13-18)17-27/h2-9,18-20,25,30H,10-17H2,1H3,(H,29,31)/t18?,19?,20?,25-,27?/m1/s1. The summed E-state index contributed by atoms with van der Waals surface area (Å²) in [4.78, 5) is 13.2. The van der Waals surface area contributed by atoms with Gasteiger partial charge in [-0.3, -0.25) is 4.79 Å². The zero-order chi connectivity index (χ0) is 24.6. The van der Waals surface area contributed by atoms with Crippen LogP contribution in [0, 0.1) is 17.8 Å². The number of hydrogen-bond acceptors (Lipinski definition) is 4. The number of carbonyl (C=O) groups excluding carboxylic acids is 1. The van der Waals surface area contributed by atoms with Gasteiger partial charge >= 0.3 is 0 Å². The summed E-state index contributed by atoms with van der Waals surface area (Å²) in [6.45, 7) is 0. The fourth-order valence-electron chi connectivity index (χ4n) is 6.95. The highest BCUT2D eigenvalue weighted by molar-refractivity contribution is 7.98. The molecule has 4 saturated carbocycles. The number of nitrogens with one attached hydrogen (secondary N) is 2. The Morgan fingerprint density at radius 3 is 2.11 bits per heavy atom. The lowest BCUT2D eigenvalue weighted by atomic mass is 9.48. The molecule has 0 unspecified atom stereocenters. The fraction of sp³-hybridized carbons (Fsp3) is 0.519. The summed E-state index contributed by atoms with van der Waals surface area (Å²) in [6.07, 6.45) is 10.5. The van der Waals surface area contributed by atoms with Crippen LogP contribution >= 0.6 is 23.4 Å². The van der Waals surface area contributed by atoms with Crippen molar-refractivity contribution in [2.75, 3.05) is 17.3 Å². The van der Waals surface area contributed by atoms with E-state index in [4.69, 9.17) is 11.6 Å². The molecule has 6 rings (SSSR count). The van der Waals surface area contributed by atoms with Crippen molar-refractivity contribution in [1.82, 2.24) is 4.72 Å². The molecule has 4 aliphatic carbocycles. The van der Waals surface area contributed by atoms with E-state index in [0.717, 1.165) is 17.8 Å². The van der Waals surface area contributed by atoms with Gasteiger partial charge in [0.25, 0.3) is 0 Å². The molecule has 0 aromatic heterocycles. The Morgan fingerprint density at radius 1 is 1.00 bits per heavy atom. The molecule has 35 heavy (non-hydrogen) atoms. The molecule has 4 bridgehead atoms. The van der Waals surface area contributed by atoms with Crippen LogP contribution in [0.1, 0.15) is 50.5 Å². The summed E-state index contributed by atoms with van der Waals surface area (Å²) in [5.41, 5.74) is 2.41. The minimum absolute atomic E-state index is 0.0868. The number of rotatable bonds is 9. The van der Waals surface area contributed by atoms with Crippen molar-refractivity contribution in [3.8, 4) is 0 Å². The van der Waals surface area contributed by atoms with Gasteiger partial charge in [0.2, 0.25) is 15.9 Å². The molecule has 0 heterocycles. The Hall–Kier alpha value is -1.54. The Kier molecular flexibility index (Phi) is 7.23. The van der Waals surface area contributed by atoms with Gasteiger partial charge in [-0.2, -0.15) is 16.5 Å². The Balaban J connectivity index is 1.28. The number of anilines is 1. The van der Waals surface area contributed by atoms with Gasteiger partial charge in [0, 0.05) is 10.7 Å². The zero-order valence-electron chi connectivity index (χ0n) is 20.0. The SMILES string of the molecule is CSCC[C@@H](NS(=O)(=O)c1ccc(Cl)cc1)C(=O)Nc1ccc(C23CC4CC(CC(C4)C2)C3)cc1. The van der Waals surface area contributed by atoms with Gasteiger partial charge in [-0.05, 0) is 122 Å². The van der Waals surface area contributed by atoms with Crippen molar-refractivity contribution in [2.24, 2.45) is 17.8 Å². The van der Waals surface area contributed by atoms with E-state index in [0.29, 0.717) is 28.3 Å². The number of halogens is 1. The van der Waals surface area contributed by atoms with E-state index < -0.39 is 16.1 Å². The topological polar surface area (TPSA) is 75.3 Å². The molecular formula is C27H33ClN2O3S2. The fourth-order valence-corrected chi connectivity index (χ4v) is 8.78. The van der Waals surface area contributed by atoms with Crippen molar-refractivity contribution < 1.29 is 13.2 Å². The Labute approximate surface area is 217 Å². The van der Waals surface area contributed by atoms with Crippen LogP contribution in [0.3, 0.4) is 0 Å². The first-order valence-electron chi connectivity index (χ1n) is 12.4. The van der Waals surface area contributed by atoms with Gasteiger partial charge in [0.05, 0.1) is 4.90 Å². The highest BCUT2D eigenvalue weighted by Crippen LogP contribution is 2.60. The quantitative estimate of drug-likeness (QED) is 0.425. The van der Waals surface area contributed by atoms with E-state index >= 15 is 0 Å². The predicted octanol–water partition coefficient (Wildman–Crippen LogP) is 5.85. The molecule has 4 fully saturated rings. The van der Waals surface area contributed by atoms with Crippen molar-refractivity contribution in [2.45, 2.75) is 61.3 Å². The second-order valence-electron chi connectivity index (χ2n) is 10.7. The molecule has 2 N–H and O–H groups in total. The van der Waals surface area contributed by atoms with Crippen molar-refractivity contribution >= 4 is 45.0 Å². The Bertz CT molecular complexity index is 1130. The van der Waals surface area contributed by atoms with Crippen LogP contribution in [-0.2, 0) is 20.2 Å². The smallest absolute Gasteiger partial charge is 0.242 e. The van der Waals surface area contributed by atoms with Gasteiger partial charge in [-0.25, -0.2) is 8.42 Å². The van der Waals surface area contributed by atoms with Gasteiger partial charge < -0.3 is 5.32 Å². The maximum absolute atomic E-state index is 13.1. The van der Waals surface area contributed by atoms with Gasteiger partial charge in [0.15, 0.2) is 0 Å². The van der Waals surface area contributed by atoms with E-state index in [2.05, 4.69) is 22.2 Å². The number of benzene rings is 2. The lowest BCUT2D eigenvalue weighted by Gasteiger charge is -2.57. The highest BCUT2D eigenvalue weighted by atomic mass is 35.5.